The molecular weight excluding hydrogens is 354 g/mol. The fraction of sp³-hybridized carbons (Fsp3) is 0.842. The van der Waals surface area contributed by atoms with Gasteiger partial charge >= 0.3 is 0 Å². The van der Waals surface area contributed by atoms with E-state index in [2.05, 4.69) is 28.2 Å². The van der Waals surface area contributed by atoms with Crippen molar-refractivity contribution in [2.45, 2.75) is 96.6 Å². The summed E-state index contributed by atoms with van der Waals surface area (Å²) in [7, 11) is 0. The van der Waals surface area contributed by atoms with Crippen molar-refractivity contribution in [3.63, 3.8) is 0 Å². The van der Waals surface area contributed by atoms with Crippen LogP contribution < -0.4 is 5.32 Å². The molecule has 0 saturated carbocycles. The highest BCUT2D eigenvalue weighted by Crippen LogP contribution is 2.11. The Kier molecular flexibility index (Phi) is 16.3. The van der Waals surface area contributed by atoms with Gasteiger partial charge in [-0.05, 0) is 19.8 Å². The topological polar surface area (TPSA) is 49.3 Å². The summed E-state index contributed by atoms with van der Waals surface area (Å²) in [4.78, 5) is 11.2. The number of rotatable bonds is 15. The van der Waals surface area contributed by atoms with Gasteiger partial charge in [-0.3, -0.25) is 4.79 Å². The van der Waals surface area contributed by atoms with Gasteiger partial charge < -0.3 is 10.4 Å². The number of amides is 1. The lowest BCUT2D eigenvalue weighted by Gasteiger charge is -2.16. The maximum atomic E-state index is 11.2. The van der Waals surface area contributed by atoms with Crippen molar-refractivity contribution in [1.82, 2.24) is 5.32 Å². The minimum atomic E-state index is -0.610. The lowest BCUT2D eigenvalue weighted by molar-refractivity contribution is -0.119. The van der Waals surface area contributed by atoms with Crippen LogP contribution in [0.5, 0.6) is 0 Å². The molecule has 0 heterocycles. The van der Waals surface area contributed by atoms with E-state index in [-0.39, 0.29) is 17.3 Å². The predicted octanol–water partition coefficient (Wildman–Crippen LogP) is 5.11. The van der Waals surface area contributed by atoms with Gasteiger partial charge in [-0.15, -0.1) is 0 Å². The standard InChI is InChI=1S/C19H36BrNO2/c1-3-4-5-6-7-8-9-10-11-12-13-14-15-18(22)17(2)21-19(23)16-20/h14-15,17-18,22H,3-13,16H2,1-2H3,(H,21,23)/b15-14+/t17-,18-/m0/s1. The highest BCUT2D eigenvalue weighted by atomic mass is 79.9. The largest absolute Gasteiger partial charge is 0.387 e. The number of aliphatic hydroxyl groups excluding tert-OH is 1. The molecule has 0 aliphatic carbocycles. The normalized spacial score (nSPS) is 14.1. The Morgan fingerprint density at radius 3 is 2.09 bits per heavy atom. The molecule has 1 amide bonds. The number of allylic oxidation sites excluding steroid dienone is 1. The van der Waals surface area contributed by atoms with E-state index in [1.54, 1.807) is 6.08 Å². The molecule has 0 saturated heterocycles. The molecular formula is C19H36BrNO2. The molecule has 23 heavy (non-hydrogen) atoms. The van der Waals surface area contributed by atoms with Crippen LogP contribution in [0, 0.1) is 0 Å². The van der Waals surface area contributed by atoms with E-state index in [9.17, 15) is 9.90 Å². The van der Waals surface area contributed by atoms with E-state index in [1.807, 2.05) is 13.0 Å². The number of carbonyl (C=O) groups is 1. The Morgan fingerprint density at radius 2 is 1.57 bits per heavy atom. The maximum absolute atomic E-state index is 11.2. The van der Waals surface area contributed by atoms with Crippen molar-refractivity contribution in [2.24, 2.45) is 0 Å². The third-order valence-electron chi connectivity index (χ3n) is 4.08. The van der Waals surface area contributed by atoms with Crippen LogP contribution in [0.25, 0.3) is 0 Å². The lowest BCUT2D eigenvalue weighted by Crippen LogP contribution is -2.40. The van der Waals surface area contributed by atoms with Gasteiger partial charge in [0, 0.05) is 0 Å². The van der Waals surface area contributed by atoms with Gasteiger partial charge in [0.05, 0.1) is 17.5 Å². The summed E-state index contributed by atoms with van der Waals surface area (Å²) < 4.78 is 0. The summed E-state index contributed by atoms with van der Waals surface area (Å²) in [6, 6.07) is -0.246. The molecule has 2 atom stereocenters. The molecule has 0 spiro atoms. The first-order valence-electron chi connectivity index (χ1n) is 9.31. The zero-order chi connectivity index (χ0) is 17.3. The molecule has 4 heteroatoms. The second-order valence-corrected chi connectivity index (χ2v) is 6.94. The van der Waals surface area contributed by atoms with Crippen molar-refractivity contribution < 1.29 is 9.90 Å². The predicted molar refractivity (Wildman–Crippen MR) is 103 cm³/mol. The fourth-order valence-electron chi connectivity index (χ4n) is 2.53. The van der Waals surface area contributed by atoms with Crippen LogP contribution in [-0.2, 0) is 4.79 Å². The van der Waals surface area contributed by atoms with Gasteiger partial charge in [-0.1, -0.05) is 92.8 Å². The number of carbonyl (C=O) groups excluding carboxylic acids is 1. The van der Waals surface area contributed by atoms with Gasteiger partial charge in [-0.2, -0.15) is 0 Å². The molecule has 0 radical (unpaired) electrons. The van der Waals surface area contributed by atoms with Crippen molar-refractivity contribution in [3.05, 3.63) is 12.2 Å². The smallest absolute Gasteiger partial charge is 0.230 e. The molecule has 136 valence electrons. The quantitative estimate of drug-likeness (QED) is 0.232. The van der Waals surface area contributed by atoms with Crippen LogP contribution >= 0.6 is 15.9 Å². The minimum Gasteiger partial charge on any atom is -0.387 e. The number of unbranched alkanes of at least 4 members (excludes halogenated alkanes) is 10. The summed E-state index contributed by atoms with van der Waals surface area (Å²) in [6.07, 6.45) is 17.6. The first-order valence-corrected chi connectivity index (χ1v) is 10.4. The Labute approximate surface area is 151 Å². The summed E-state index contributed by atoms with van der Waals surface area (Å²) >= 11 is 3.10. The minimum absolute atomic E-state index is 0.0976. The average molecular weight is 390 g/mol. The number of nitrogens with one attached hydrogen (secondary N) is 1. The summed E-state index contributed by atoms with van der Waals surface area (Å²) in [5, 5.41) is 12.9. The second-order valence-electron chi connectivity index (χ2n) is 6.38. The van der Waals surface area contributed by atoms with E-state index in [0.717, 1.165) is 6.42 Å². The van der Waals surface area contributed by atoms with Gasteiger partial charge in [-0.25, -0.2) is 0 Å². The van der Waals surface area contributed by atoms with Gasteiger partial charge in [0.1, 0.15) is 0 Å². The highest BCUT2D eigenvalue weighted by molar-refractivity contribution is 9.09. The molecule has 0 fully saturated rings. The van der Waals surface area contributed by atoms with Crippen molar-refractivity contribution in [2.75, 3.05) is 5.33 Å². The number of hydrogen-bond donors (Lipinski definition) is 2. The Hall–Kier alpha value is -0.350. The monoisotopic (exact) mass is 389 g/mol. The molecule has 0 bridgehead atoms. The third-order valence-corrected chi connectivity index (χ3v) is 4.59. The van der Waals surface area contributed by atoms with E-state index in [1.165, 1.54) is 64.2 Å². The molecule has 0 rings (SSSR count). The second kappa shape index (κ2) is 16.5. The number of halogens is 1. The van der Waals surface area contributed by atoms with Crippen molar-refractivity contribution in [3.8, 4) is 0 Å². The lowest BCUT2D eigenvalue weighted by atomic mass is 10.1. The van der Waals surface area contributed by atoms with E-state index in [0.29, 0.717) is 0 Å². The van der Waals surface area contributed by atoms with Crippen LogP contribution in [-0.4, -0.2) is 28.5 Å². The van der Waals surface area contributed by atoms with E-state index < -0.39 is 6.10 Å². The Balaban J connectivity index is 3.44. The van der Waals surface area contributed by atoms with Crippen LogP contribution in [0.15, 0.2) is 12.2 Å². The molecule has 3 nitrogen and oxygen atoms in total. The summed E-state index contributed by atoms with van der Waals surface area (Å²) in [5.41, 5.74) is 0. The van der Waals surface area contributed by atoms with Gasteiger partial charge in [0.25, 0.3) is 0 Å². The van der Waals surface area contributed by atoms with Crippen LogP contribution in [0.2, 0.25) is 0 Å². The first kappa shape index (κ1) is 22.6. The number of hydrogen-bond acceptors (Lipinski definition) is 2. The summed E-state index contributed by atoms with van der Waals surface area (Å²) in [6.45, 7) is 4.07. The molecule has 0 aromatic heterocycles. The molecule has 0 aromatic carbocycles. The molecule has 0 unspecified atom stereocenters. The molecule has 2 N–H and O–H groups in total. The van der Waals surface area contributed by atoms with E-state index >= 15 is 0 Å². The first-order chi connectivity index (χ1) is 11.1. The zero-order valence-corrected chi connectivity index (χ0v) is 16.6. The molecule has 0 aromatic rings. The van der Waals surface area contributed by atoms with Gasteiger partial charge in [0.15, 0.2) is 0 Å². The SMILES string of the molecule is CCCCCCCCCCCC/C=C/[C@H](O)[C@H](C)NC(=O)CBr. The highest BCUT2D eigenvalue weighted by Gasteiger charge is 2.12. The molecule has 0 aliphatic rings. The number of aliphatic hydroxyl groups is 1. The number of alkyl halides is 1. The third kappa shape index (κ3) is 14.9. The fourth-order valence-corrected chi connectivity index (χ4v) is 2.69. The maximum Gasteiger partial charge on any atom is 0.230 e. The Bertz CT molecular complexity index is 308. The average Bonchev–Trinajstić information content (AvgIpc) is 2.55. The van der Waals surface area contributed by atoms with Gasteiger partial charge in [0.2, 0.25) is 5.91 Å². The van der Waals surface area contributed by atoms with Crippen LogP contribution in [0.1, 0.15) is 84.5 Å². The van der Waals surface area contributed by atoms with Crippen molar-refractivity contribution >= 4 is 21.8 Å². The van der Waals surface area contributed by atoms with Crippen molar-refractivity contribution in [1.29, 1.82) is 0 Å². The van der Waals surface area contributed by atoms with Crippen LogP contribution in [0.4, 0.5) is 0 Å². The van der Waals surface area contributed by atoms with E-state index in [4.69, 9.17) is 0 Å². The summed E-state index contributed by atoms with van der Waals surface area (Å²) in [5.74, 6) is -0.0976. The zero-order valence-electron chi connectivity index (χ0n) is 15.0. The molecule has 0 aliphatic heterocycles. The van der Waals surface area contributed by atoms with Crippen LogP contribution in [0.3, 0.4) is 0 Å². The Morgan fingerprint density at radius 1 is 1.04 bits per heavy atom.